The van der Waals surface area contributed by atoms with Gasteiger partial charge in [-0.3, -0.25) is 0 Å². The molecule has 4 aromatic rings. The molecule has 8 nitrogen and oxygen atoms in total. The van der Waals surface area contributed by atoms with Gasteiger partial charge in [0.2, 0.25) is 24.3 Å². The van der Waals surface area contributed by atoms with E-state index in [0.717, 1.165) is 46.6 Å². The van der Waals surface area contributed by atoms with Crippen LogP contribution in [0, 0.1) is 0 Å². The lowest BCUT2D eigenvalue weighted by atomic mass is 9.99. The fourth-order valence-electron chi connectivity index (χ4n) is 5.02. The van der Waals surface area contributed by atoms with Crippen molar-refractivity contribution in [1.29, 1.82) is 0 Å². The number of furan rings is 2. The molecule has 34 heavy (non-hydrogen) atoms. The van der Waals surface area contributed by atoms with E-state index in [1.54, 1.807) is 12.7 Å². The fraction of sp³-hybridized carbons (Fsp3) is 0.500. The second-order valence-electron chi connectivity index (χ2n) is 10.5. The lowest BCUT2D eigenvalue weighted by Crippen LogP contribution is -2.47. The molecule has 0 saturated heterocycles. The van der Waals surface area contributed by atoms with Crippen molar-refractivity contribution >= 4 is 57.4 Å². The number of aryl methyl sites for hydroxylation is 2. The predicted octanol–water partition coefficient (Wildman–Crippen LogP) is 3.54. The molecule has 0 aromatic carbocycles. The van der Waals surface area contributed by atoms with Crippen molar-refractivity contribution in [2.75, 3.05) is 11.5 Å². The molecule has 6 heterocycles. The van der Waals surface area contributed by atoms with Crippen LogP contribution < -0.4 is 20.6 Å². The monoisotopic (exact) mass is 498 g/mol. The maximum atomic E-state index is 6.66. The first-order valence-electron chi connectivity index (χ1n) is 11.6. The van der Waals surface area contributed by atoms with Crippen LogP contribution in [-0.2, 0) is 37.4 Å². The minimum Gasteiger partial charge on any atom is -0.429 e. The van der Waals surface area contributed by atoms with Crippen molar-refractivity contribution < 1.29 is 18.0 Å². The maximum Gasteiger partial charge on any atom is 0.309 e. The molecule has 0 amide bonds. The SMILES string of the molecule is CC1(C)Cc2c(oc3nc[n+](CC[n+]4cnc5oc6c(c5c4N)CC(C)(C)SC6)c(N)c23)CS1. The first-order chi connectivity index (χ1) is 16.1. The molecule has 0 spiro atoms. The van der Waals surface area contributed by atoms with Gasteiger partial charge in [-0.25, -0.2) is 9.13 Å². The fourth-order valence-corrected chi connectivity index (χ4v) is 7.02. The molecule has 0 saturated carbocycles. The van der Waals surface area contributed by atoms with Gasteiger partial charge in [0.25, 0.3) is 0 Å². The molecule has 0 aliphatic carbocycles. The molecule has 2 aliphatic heterocycles. The van der Waals surface area contributed by atoms with Crippen molar-refractivity contribution in [2.45, 2.75) is 74.6 Å². The Balaban J connectivity index is 1.33. The summed E-state index contributed by atoms with van der Waals surface area (Å²) in [6, 6.07) is 0. The number of rotatable bonds is 3. The van der Waals surface area contributed by atoms with Gasteiger partial charge < -0.3 is 20.3 Å². The zero-order chi connectivity index (χ0) is 23.8. The second kappa shape index (κ2) is 7.52. The average molecular weight is 499 g/mol. The number of anilines is 2. The minimum absolute atomic E-state index is 0.152. The van der Waals surface area contributed by atoms with Crippen LogP contribution in [0.3, 0.4) is 0 Å². The van der Waals surface area contributed by atoms with Crippen molar-refractivity contribution in [3.05, 3.63) is 35.3 Å². The Labute approximate surface area is 206 Å². The highest BCUT2D eigenvalue weighted by Gasteiger charge is 2.35. The van der Waals surface area contributed by atoms with Crippen molar-refractivity contribution in [3.8, 4) is 0 Å². The van der Waals surface area contributed by atoms with Crippen LogP contribution in [0.4, 0.5) is 11.6 Å². The highest BCUT2D eigenvalue weighted by molar-refractivity contribution is 8.00. The predicted molar refractivity (Wildman–Crippen MR) is 135 cm³/mol. The van der Waals surface area contributed by atoms with Gasteiger partial charge in [-0.15, -0.1) is 23.5 Å². The van der Waals surface area contributed by atoms with E-state index < -0.39 is 0 Å². The molecule has 4 aromatic heterocycles. The topological polar surface area (TPSA) is 112 Å². The Kier molecular flexibility index (Phi) is 4.87. The highest BCUT2D eigenvalue weighted by atomic mass is 32.2. The molecule has 0 atom stereocenters. The lowest BCUT2D eigenvalue weighted by Gasteiger charge is -2.27. The van der Waals surface area contributed by atoms with Gasteiger partial charge in [0.1, 0.15) is 35.4 Å². The normalized spacial score (nSPS) is 18.8. The van der Waals surface area contributed by atoms with E-state index in [1.165, 1.54) is 11.1 Å². The highest BCUT2D eigenvalue weighted by Crippen LogP contribution is 2.44. The summed E-state index contributed by atoms with van der Waals surface area (Å²) >= 11 is 3.81. The molecule has 10 heteroatoms. The third-order valence-electron chi connectivity index (χ3n) is 6.88. The number of nitrogens with zero attached hydrogens (tertiary/aromatic N) is 4. The van der Waals surface area contributed by atoms with Crippen molar-refractivity contribution in [3.63, 3.8) is 0 Å². The van der Waals surface area contributed by atoms with E-state index in [1.807, 2.05) is 32.7 Å². The average Bonchev–Trinajstić information content (AvgIpc) is 3.31. The van der Waals surface area contributed by atoms with Crippen LogP contribution in [0.2, 0.25) is 0 Å². The van der Waals surface area contributed by atoms with Gasteiger partial charge in [0, 0.05) is 20.6 Å². The number of fused-ring (bicyclic) bond motifs is 6. The van der Waals surface area contributed by atoms with Crippen LogP contribution in [0.5, 0.6) is 0 Å². The van der Waals surface area contributed by atoms with E-state index in [2.05, 4.69) is 37.7 Å². The molecular weight excluding hydrogens is 468 g/mol. The number of aromatic nitrogens is 4. The molecule has 0 bridgehead atoms. The number of thioether (sulfide) groups is 2. The van der Waals surface area contributed by atoms with Gasteiger partial charge in [-0.1, -0.05) is 37.7 Å². The molecule has 0 fully saturated rings. The van der Waals surface area contributed by atoms with Gasteiger partial charge in [0.05, 0.1) is 11.5 Å². The van der Waals surface area contributed by atoms with Crippen LogP contribution in [0.15, 0.2) is 21.5 Å². The van der Waals surface area contributed by atoms with Crippen molar-refractivity contribution in [2.24, 2.45) is 0 Å². The summed E-state index contributed by atoms with van der Waals surface area (Å²) in [5, 5.41) is 1.89. The summed E-state index contributed by atoms with van der Waals surface area (Å²) in [5.41, 5.74) is 16.9. The number of nitrogen functional groups attached to an aromatic ring is 2. The van der Waals surface area contributed by atoms with Crippen molar-refractivity contribution in [1.82, 2.24) is 9.97 Å². The summed E-state index contributed by atoms with van der Waals surface area (Å²) in [4.78, 5) is 9.16. The van der Waals surface area contributed by atoms with Gasteiger partial charge in [-0.05, 0) is 12.8 Å². The summed E-state index contributed by atoms with van der Waals surface area (Å²) < 4.78 is 16.3. The van der Waals surface area contributed by atoms with Gasteiger partial charge in [-0.2, -0.15) is 0 Å². The minimum atomic E-state index is 0.152. The first-order valence-corrected chi connectivity index (χ1v) is 13.5. The summed E-state index contributed by atoms with van der Waals surface area (Å²) in [5.74, 6) is 5.06. The molecule has 4 N–H and O–H groups in total. The maximum absolute atomic E-state index is 6.66. The van der Waals surface area contributed by atoms with E-state index in [9.17, 15) is 0 Å². The van der Waals surface area contributed by atoms with Crippen LogP contribution in [-0.4, -0.2) is 19.5 Å². The third kappa shape index (κ3) is 3.53. The molecule has 178 valence electrons. The van der Waals surface area contributed by atoms with E-state index in [4.69, 9.17) is 20.3 Å². The van der Waals surface area contributed by atoms with Crippen LogP contribution >= 0.6 is 23.5 Å². The summed E-state index contributed by atoms with van der Waals surface area (Å²) in [6.45, 7) is 10.3. The molecule has 6 rings (SSSR count). The Bertz CT molecular complexity index is 1350. The standard InChI is InChI=1S/C24H28N6O2S2/c1-23(2)7-13-15(9-33-23)31-21-17(13)19(25)29(11-27-21)5-6-30-12-28-22-18(20(30)26)14-8-24(3,4)34-10-16(14)32-22/h11-12,25-26H,5-10H2,1-4H3/p+2. The zero-order valence-corrected chi connectivity index (χ0v) is 21.6. The zero-order valence-electron chi connectivity index (χ0n) is 20.0. The molecule has 2 aliphatic rings. The van der Waals surface area contributed by atoms with E-state index >= 15 is 0 Å². The number of nitrogens with two attached hydrogens (primary N) is 2. The number of hydrogen-bond acceptors (Lipinski definition) is 8. The van der Waals surface area contributed by atoms with Gasteiger partial charge in [0.15, 0.2) is 0 Å². The quantitative estimate of drug-likeness (QED) is 0.413. The molecular formula is C24H30N6O2S2+2. The summed E-state index contributed by atoms with van der Waals surface area (Å²) in [6.07, 6.45) is 5.34. The Morgan fingerprint density at radius 3 is 1.62 bits per heavy atom. The van der Waals surface area contributed by atoms with Crippen LogP contribution in [0.25, 0.3) is 22.2 Å². The lowest BCUT2D eigenvalue weighted by molar-refractivity contribution is -0.766. The third-order valence-corrected chi connectivity index (χ3v) is 9.54. The first kappa shape index (κ1) is 22.0. The smallest absolute Gasteiger partial charge is 0.309 e. The second-order valence-corrected chi connectivity index (χ2v) is 13.8. The Morgan fingerprint density at radius 2 is 1.21 bits per heavy atom. The molecule has 0 radical (unpaired) electrons. The largest absolute Gasteiger partial charge is 0.429 e. The number of hydrogen-bond donors (Lipinski definition) is 2. The van der Waals surface area contributed by atoms with E-state index in [0.29, 0.717) is 36.2 Å². The molecule has 0 unspecified atom stereocenters. The van der Waals surface area contributed by atoms with Gasteiger partial charge >= 0.3 is 11.4 Å². The Morgan fingerprint density at radius 1 is 0.794 bits per heavy atom. The summed E-state index contributed by atoms with van der Waals surface area (Å²) in [7, 11) is 0. The van der Waals surface area contributed by atoms with E-state index in [-0.39, 0.29) is 9.49 Å². The Hall–Kier alpha value is -2.46. The van der Waals surface area contributed by atoms with Crippen LogP contribution in [0.1, 0.15) is 50.3 Å².